The molecule has 0 aromatic carbocycles. The summed E-state index contributed by atoms with van der Waals surface area (Å²) in [6.45, 7) is 2.28. The normalized spacial score (nSPS) is 29.0. The maximum Gasteiger partial charge on any atom is 0.137 e. The van der Waals surface area contributed by atoms with E-state index in [0.29, 0.717) is 0 Å². The lowest BCUT2D eigenvalue weighted by atomic mass is 10.5. The highest BCUT2D eigenvalue weighted by Gasteiger charge is 2.22. The van der Waals surface area contributed by atoms with E-state index >= 15 is 0 Å². The number of nitrogens with one attached hydrogen (secondary N) is 1. The zero-order valence-corrected chi connectivity index (χ0v) is 4.36. The molecule has 36 valence electrons. The highest BCUT2D eigenvalue weighted by molar-refractivity contribution is 4.37. The fraction of sp³-hybridized carbons (Fsp3) is 1.00. The molecule has 0 aromatic rings. The molecule has 0 aliphatic carbocycles. The van der Waals surface area contributed by atoms with Crippen LogP contribution in [-0.4, -0.2) is 31.9 Å². The quantitative estimate of drug-likeness (QED) is 0.396. The van der Waals surface area contributed by atoms with E-state index < -0.39 is 0 Å². The maximum absolute atomic E-state index is 3.17. The number of hydrogen-bond donors (Lipinski definition) is 1. The minimum absolute atomic E-state index is 1.14. The fourth-order valence-corrected chi connectivity index (χ4v) is 0.559. The highest BCUT2D eigenvalue weighted by Crippen LogP contribution is 1.98. The summed E-state index contributed by atoms with van der Waals surface area (Å²) in [5, 5.41) is 3.17. The van der Waals surface area contributed by atoms with Crippen molar-refractivity contribution in [1.82, 2.24) is 5.32 Å². The Hall–Kier alpha value is -0.0800. The van der Waals surface area contributed by atoms with Gasteiger partial charge in [0.25, 0.3) is 0 Å². The molecule has 1 aliphatic rings. The van der Waals surface area contributed by atoms with Gasteiger partial charge >= 0.3 is 0 Å². The van der Waals surface area contributed by atoms with Crippen LogP contribution in [0.15, 0.2) is 0 Å². The number of hydrogen-bond acceptors (Lipinski definition) is 1. The third-order valence-electron chi connectivity index (χ3n) is 1.08. The molecule has 0 bridgehead atoms. The molecule has 0 atom stereocenters. The first kappa shape index (κ1) is 4.09. The summed E-state index contributed by atoms with van der Waals surface area (Å²) < 4.78 is 1.14. The van der Waals surface area contributed by atoms with Crippen molar-refractivity contribution in [2.75, 3.05) is 27.4 Å². The van der Waals surface area contributed by atoms with Crippen LogP contribution in [0.1, 0.15) is 0 Å². The second kappa shape index (κ2) is 0.950. The summed E-state index contributed by atoms with van der Waals surface area (Å²) in [5.41, 5.74) is 0. The largest absolute Gasteiger partial charge is 0.304 e. The third kappa shape index (κ3) is 0.533. The molecule has 0 unspecified atom stereocenters. The van der Waals surface area contributed by atoms with Gasteiger partial charge in [-0.3, -0.25) is 0 Å². The van der Waals surface area contributed by atoms with Gasteiger partial charge in [-0.1, -0.05) is 0 Å². The van der Waals surface area contributed by atoms with Gasteiger partial charge in [0.1, 0.15) is 13.3 Å². The molecule has 0 saturated carbocycles. The molecule has 1 fully saturated rings. The summed E-state index contributed by atoms with van der Waals surface area (Å²) in [5.74, 6) is 0. The fourth-order valence-electron chi connectivity index (χ4n) is 0.559. The van der Waals surface area contributed by atoms with E-state index in [1.165, 1.54) is 0 Å². The van der Waals surface area contributed by atoms with E-state index in [9.17, 15) is 0 Å². The Bertz CT molecular complexity index is 52.6. The van der Waals surface area contributed by atoms with Crippen molar-refractivity contribution in [2.45, 2.75) is 0 Å². The van der Waals surface area contributed by atoms with Crippen molar-refractivity contribution in [2.24, 2.45) is 0 Å². The van der Waals surface area contributed by atoms with Gasteiger partial charge in [0.2, 0.25) is 0 Å². The topological polar surface area (TPSA) is 12.0 Å². The SMILES string of the molecule is C[N+]1(C)CNC1. The summed E-state index contributed by atoms with van der Waals surface area (Å²) in [4.78, 5) is 0. The van der Waals surface area contributed by atoms with E-state index in [-0.39, 0.29) is 0 Å². The number of rotatable bonds is 0. The molecule has 1 saturated heterocycles. The van der Waals surface area contributed by atoms with Crippen molar-refractivity contribution in [1.29, 1.82) is 0 Å². The molecule has 2 nitrogen and oxygen atoms in total. The molecular formula is C4H11N2+. The average Bonchev–Trinajstić information content (AvgIpc) is 1.32. The lowest BCUT2D eigenvalue weighted by molar-refractivity contribution is -0.937. The standard InChI is InChI=1S/C4H11N2/c1-6(2)3-5-4-6/h5H,3-4H2,1-2H3/q+1. The second-order valence-electron chi connectivity index (χ2n) is 2.50. The van der Waals surface area contributed by atoms with E-state index in [2.05, 4.69) is 19.4 Å². The van der Waals surface area contributed by atoms with E-state index in [4.69, 9.17) is 0 Å². The maximum atomic E-state index is 3.17. The lowest BCUT2D eigenvalue weighted by Crippen LogP contribution is -2.62. The van der Waals surface area contributed by atoms with Crippen LogP contribution in [0.25, 0.3) is 0 Å². The zero-order chi connectivity index (χ0) is 4.62. The minimum atomic E-state index is 1.14. The monoisotopic (exact) mass is 87.1 g/mol. The van der Waals surface area contributed by atoms with Crippen molar-refractivity contribution in [3.05, 3.63) is 0 Å². The lowest BCUT2D eigenvalue weighted by Gasteiger charge is -2.38. The molecule has 1 N–H and O–H groups in total. The predicted octanol–water partition coefficient (Wildman–Crippen LogP) is -0.419. The van der Waals surface area contributed by atoms with E-state index in [1.807, 2.05) is 0 Å². The van der Waals surface area contributed by atoms with Gasteiger partial charge < -0.3 is 4.48 Å². The Labute approximate surface area is 38.3 Å². The highest BCUT2D eigenvalue weighted by atomic mass is 15.5. The Balaban J connectivity index is 2.31. The first-order valence-corrected chi connectivity index (χ1v) is 2.23. The van der Waals surface area contributed by atoms with Gasteiger partial charge in [-0.2, -0.15) is 0 Å². The number of nitrogens with zero attached hydrogens (tertiary/aromatic N) is 1. The van der Waals surface area contributed by atoms with Gasteiger partial charge in [0.15, 0.2) is 0 Å². The van der Waals surface area contributed by atoms with Gasteiger partial charge in [-0.25, -0.2) is 5.32 Å². The van der Waals surface area contributed by atoms with Crippen LogP contribution in [0.5, 0.6) is 0 Å². The summed E-state index contributed by atoms with van der Waals surface area (Å²) >= 11 is 0. The van der Waals surface area contributed by atoms with Crippen molar-refractivity contribution in [3.8, 4) is 0 Å². The second-order valence-corrected chi connectivity index (χ2v) is 2.50. The molecular weight excluding hydrogens is 76.1 g/mol. The minimum Gasteiger partial charge on any atom is -0.304 e. The van der Waals surface area contributed by atoms with Gasteiger partial charge in [0, 0.05) is 0 Å². The van der Waals surface area contributed by atoms with Crippen molar-refractivity contribution in [3.63, 3.8) is 0 Å². The summed E-state index contributed by atoms with van der Waals surface area (Å²) in [6, 6.07) is 0. The van der Waals surface area contributed by atoms with E-state index in [1.54, 1.807) is 0 Å². The predicted molar refractivity (Wildman–Crippen MR) is 25.0 cm³/mol. The van der Waals surface area contributed by atoms with Crippen molar-refractivity contribution < 1.29 is 4.48 Å². The van der Waals surface area contributed by atoms with Crippen LogP contribution >= 0.6 is 0 Å². The molecule has 1 rings (SSSR count). The van der Waals surface area contributed by atoms with Gasteiger partial charge in [0.05, 0.1) is 14.1 Å². The van der Waals surface area contributed by atoms with Crippen LogP contribution in [0.2, 0.25) is 0 Å². The Morgan fingerprint density at radius 2 is 1.67 bits per heavy atom. The molecule has 0 aromatic heterocycles. The van der Waals surface area contributed by atoms with Crippen LogP contribution < -0.4 is 5.32 Å². The third-order valence-corrected chi connectivity index (χ3v) is 1.08. The van der Waals surface area contributed by atoms with Crippen LogP contribution in [0, 0.1) is 0 Å². The van der Waals surface area contributed by atoms with Crippen LogP contribution in [0.4, 0.5) is 0 Å². The van der Waals surface area contributed by atoms with Crippen LogP contribution in [-0.2, 0) is 0 Å². The Morgan fingerprint density at radius 1 is 1.33 bits per heavy atom. The van der Waals surface area contributed by atoms with Crippen molar-refractivity contribution >= 4 is 0 Å². The Morgan fingerprint density at radius 3 is 1.67 bits per heavy atom. The first-order valence-electron chi connectivity index (χ1n) is 2.23. The number of quaternary nitrogens is 1. The molecule has 2 heteroatoms. The van der Waals surface area contributed by atoms with E-state index in [0.717, 1.165) is 17.8 Å². The first-order chi connectivity index (χ1) is 2.71. The zero-order valence-electron chi connectivity index (χ0n) is 4.36. The smallest absolute Gasteiger partial charge is 0.137 e. The molecule has 0 spiro atoms. The Kier molecular flexibility index (Phi) is 0.648. The van der Waals surface area contributed by atoms with Gasteiger partial charge in [-0.15, -0.1) is 0 Å². The molecule has 6 heavy (non-hydrogen) atoms. The summed E-state index contributed by atoms with van der Waals surface area (Å²) in [7, 11) is 4.41. The van der Waals surface area contributed by atoms with Gasteiger partial charge in [-0.05, 0) is 0 Å². The van der Waals surface area contributed by atoms with Crippen LogP contribution in [0.3, 0.4) is 0 Å². The molecule has 1 aliphatic heterocycles. The molecule has 0 radical (unpaired) electrons. The molecule has 0 amide bonds. The average molecular weight is 87.1 g/mol. The summed E-state index contributed by atoms with van der Waals surface area (Å²) in [6.07, 6.45) is 0. The molecule has 1 heterocycles.